The van der Waals surface area contributed by atoms with Crippen molar-refractivity contribution < 1.29 is 18.7 Å². The number of nitrogens with one attached hydrogen (secondary N) is 1. The number of benzene rings is 1. The molecule has 2 N–H and O–H groups in total. The van der Waals surface area contributed by atoms with Crippen LogP contribution in [-0.2, 0) is 5.92 Å². The zero-order valence-electron chi connectivity index (χ0n) is 11.0. The van der Waals surface area contributed by atoms with E-state index >= 15 is 0 Å². The van der Waals surface area contributed by atoms with Crippen molar-refractivity contribution in [3.63, 3.8) is 0 Å². The Kier molecular flexibility index (Phi) is 3.33. The number of alkyl halides is 2. The lowest BCUT2D eigenvalue weighted by Crippen LogP contribution is -2.15. The predicted octanol–water partition coefficient (Wildman–Crippen LogP) is 4.05. The van der Waals surface area contributed by atoms with Crippen LogP contribution in [0.1, 0.15) is 21.6 Å². The van der Waals surface area contributed by atoms with E-state index in [2.05, 4.69) is 9.97 Å². The van der Waals surface area contributed by atoms with Gasteiger partial charge in [0.05, 0.1) is 22.3 Å². The average Bonchev–Trinajstić information content (AvgIpc) is 2.92. The highest BCUT2D eigenvalue weighted by Crippen LogP contribution is 2.37. The molecule has 3 rings (SSSR count). The second-order valence-electron chi connectivity index (χ2n) is 4.69. The Morgan fingerprint density at radius 3 is 2.55 bits per heavy atom. The molecule has 0 radical (unpaired) electrons. The minimum absolute atomic E-state index is 0.0682. The molecule has 0 fully saturated rings. The number of fused-ring (bicyclic) bond motifs is 1. The average molecular weight is 323 g/mol. The number of aromatic nitrogens is 2. The van der Waals surface area contributed by atoms with Gasteiger partial charge in [0.2, 0.25) is 0 Å². The largest absolute Gasteiger partial charge is 0.478 e. The molecule has 112 valence electrons. The molecule has 0 aliphatic carbocycles. The first-order valence-corrected chi connectivity index (χ1v) is 6.63. The van der Waals surface area contributed by atoms with Gasteiger partial charge in [0, 0.05) is 16.8 Å². The summed E-state index contributed by atoms with van der Waals surface area (Å²) in [4.78, 5) is 17.5. The van der Waals surface area contributed by atoms with E-state index in [4.69, 9.17) is 16.7 Å². The summed E-state index contributed by atoms with van der Waals surface area (Å²) in [5, 5.41) is 9.45. The van der Waals surface area contributed by atoms with Gasteiger partial charge >= 0.3 is 11.9 Å². The number of hydrogen-bond donors (Lipinski definition) is 2. The number of carboxylic acids is 1. The van der Waals surface area contributed by atoms with Gasteiger partial charge in [-0.1, -0.05) is 23.7 Å². The fourth-order valence-electron chi connectivity index (χ4n) is 2.19. The molecule has 0 unspecified atom stereocenters. The molecule has 4 nitrogen and oxygen atoms in total. The molecule has 1 aromatic carbocycles. The molecule has 2 aromatic heterocycles. The molecule has 0 amide bonds. The summed E-state index contributed by atoms with van der Waals surface area (Å²) in [6, 6.07) is 7.59. The third kappa shape index (κ3) is 2.31. The van der Waals surface area contributed by atoms with Crippen LogP contribution in [0, 0.1) is 0 Å². The molecule has 7 heteroatoms. The summed E-state index contributed by atoms with van der Waals surface area (Å²) in [6.07, 6.45) is 1.27. The van der Waals surface area contributed by atoms with Gasteiger partial charge in [-0.2, -0.15) is 8.78 Å². The fraction of sp³-hybridized carbons (Fsp3) is 0.0667. The van der Waals surface area contributed by atoms with Crippen LogP contribution in [0.2, 0.25) is 5.02 Å². The predicted molar refractivity (Wildman–Crippen MR) is 77.5 cm³/mol. The van der Waals surface area contributed by atoms with Crippen molar-refractivity contribution in [3.05, 3.63) is 64.4 Å². The van der Waals surface area contributed by atoms with Gasteiger partial charge in [0.1, 0.15) is 0 Å². The van der Waals surface area contributed by atoms with Crippen LogP contribution < -0.4 is 0 Å². The van der Waals surface area contributed by atoms with Gasteiger partial charge in [0.15, 0.2) is 0 Å². The first-order chi connectivity index (χ1) is 10.4. The van der Waals surface area contributed by atoms with E-state index in [0.29, 0.717) is 5.02 Å². The SMILES string of the molecule is O=C(O)c1ccnc2cc(C(F)(F)c3ccc(Cl)cc3)[nH]c12. The van der Waals surface area contributed by atoms with Crippen molar-refractivity contribution >= 4 is 28.6 Å². The van der Waals surface area contributed by atoms with Crippen molar-refractivity contribution in [3.8, 4) is 0 Å². The fourth-order valence-corrected chi connectivity index (χ4v) is 2.31. The van der Waals surface area contributed by atoms with Crippen LogP contribution in [0.15, 0.2) is 42.6 Å². The summed E-state index contributed by atoms with van der Waals surface area (Å²) in [6.45, 7) is 0. The molecule has 0 aliphatic rings. The van der Waals surface area contributed by atoms with E-state index in [0.717, 1.165) is 6.07 Å². The van der Waals surface area contributed by atoms with E-state index in [9.17, 15) is 13.6 Å². The van der Waals surface area contributed by atoms with E-state index < -0.39 is 17.6 Å². The molecular weight excluding hydrogens is 314 g/mol. The van der Waals surface area contributed by atoms with Crippen molar-refractivity contribution in [2.45, 2.75) is 5.92 Å². The van der Waals surface area contributed by atoms with Gasteiger partial charge in [-0.15, -0.1) is 0 Å². The van der Waals surface area contributed by atoms with Gasteiger partial charge in [-0.05, 0) is 24.3 Å². The normalized spacial score (nSPS) is 11.8. The Balaban J connectivity index is 2.15. The number of carboxylic acid groups (broad SMARTS) is 1. The number of aromatic amines is 1. The molecule has 0 bridgehead atoms. The Hall–Kier alpha value is -2.47. The first-order valence-electron chi connectivity index (χ1n) is 6.25. The third-order valence-corrected chi connectivity index (χ3v) is 3.55. The minimum Gasteiger partial charge on any atom is -0.478 e. The lowest BCUT2D eigenvalue weighted by molar-refractivity contribution is 0.0387. The van der Waals surface area contributed by atoms with Crippen molar-refractivity contribution in [2.24, 2.45) is 0 Å². The molecule has 0 saturated carbocycles. The quantitative estimate of drug-likeness (QED) is 0.764. The Bertz CT molecular complexity index is 860. The Morgan fingerprint density at radius 1 is 1.23 bits per heavy atom. The molecule has 22 heavy (non-hydrogen) atoms. The number of H-pyrrole nitrogens is 1. The number of rotatable bonds is 3. The number of nitrogens with zero attached hydrogens (tertiary/aromatic N) is 1. The monoisotopic (exact) mass is 322 g/mol. The van der Waals surface area contributed by atoms with Crippen LogP contribution in [0.25, 0.3) is 11.0 Å². The number of pyridine rings is 1. The van der Waals surface area contributed by atoms with E-state index in [1.54, 1.807) is 0 Å². The van der Waals surface area contributed by atoms with E-state index in [1.807, 2.05) is 0 Å². The maximum Gasteiger partial charge on any atom is 0.337 e. The highest BCUT2D eigenvalue weighted by atomic mass is 35.5. The summed E-state index contributed by atoms with van der Waals surface area (Å²) in [5.74, 6) is -4.53. The zero-order chi connectivity index (χ0) is 15.9. The lowest BCUT2D eigenvalue weighted by atomic mass is 10.1. The molecular formula is C15H9ClF2N2O2. The Morgan fingerprint density at radius 2 is 1.91 bits per heavy atom. The molecule has 2 heterocycles. The third-order valence-electron chi connectivity index (χ3n) is 3.30. The summed E-state index contributed by atoms with van der Waals surface area (Å²) in [7, 11) is 0. The lowest BCUT2D eigenvalue weighted by Gasteiger charge is -2.15. The smallest absolute Gasteiger partial charge is 0.337 e. The number of carbonyl (C=O) groups is 1. The number of aromatic carboxylic acids is 1. The summed E-state index contributed by atoms with van der Waals surface area (Å²) < 4.78 is 29.1. The number of halogens is 3. The molecule has 0 spiro atoms. The molecule has 0 aliphatic heterocycles. The molecule has 3 aromatic rings. The van der Waals surface area contributed by atoms with Crippen LogP contribution >= 0.6 is 11.6 Å². The summed E-state index contributed by atoms with van der Waals surface area (Å²) >= 11 is 5.70. The number of hydrogen-bond acceptors (Lipinski definition) is 2. The van der Waals surface area contributed by atoms with E-state index in [1.165, 1.54) is 36.5 Å². The van der Waals surface area contributed by atoms with Crippen molar-refractivity contribution in [1.82, 2.24) is 9.97 Å². The van der Waals surface area contributed by atoms with Gasteiger partial charge in [-0.3, -0.25) is 4.98 Å². The van der Waals surface area contributed by atoms with Crippen molar-refractivity contribution in [1.29, 1.82) is 0 Å². The maximum atomic E-state index is 14.5. The van der Waals surface area contributed by atoms with Crippen molar-refractivity contribution in [2.75, 3.05) is 0 Å². The topological polar surface area (TPSA) is 66.0 Å². The molecule has 0 atom stereocenters. The van der Waals surface area contributed by atoms with Gasteiger partial charge < -0.3 is 10.1 Å². The van der Waals surface area contributed by atoms with Crippen LogP contribution in [0.4, 0.5) is 8.78 Å². The second kappa shape index (κ2) is 5.06. The highest BCUT2D eigenvalue weighted by molar-refractivity contribution is 6.30. The summed E-state index contributed by atoms with van der Waals surface area (Å²) in [5.41, 5.74) is -0.545. The van der Waals surface area contributed by atoms with Crippen LogP contribution in [0.5, 0.6) is 0 Å². The van der Waals surface area contributed by atoms with Gasteiger partial charge in [-0.25, -0.2) is 4.79 Å². The minimum atomic E-state index is -3.32. The Labute approximate surface area is 128 Å². The first kappa shape index (κ1) is 14.5. The standard InChI is InChI=1S/C15H9ClF2N2O2/c16-9-3-1-8(2-4-9)15(17,18)12-7-11-13(20-12)10(14(21)22)5-6-19-11/h1-7,20H,(H,21,22). The van der Waals surface area contributed by atoms with Gasteiger partial charge in [0.25, 0.3) is 0 Å². The second-order valence-corrected chi connectivity index (χ2v) is 5.12. The van der Waals surface area contributed by atoms with Crippen LogP contribution in [0.3, 0.4) is 0 Å². The zero-order valence-corrected chi connectivity index (χ0v) is 11.7. The van der Waals surface area contributed by atoms with E-state index in [-0.39, 0.29) is 22.2 Å². The van der Waals surface area contributed by atoms with Crippen LogP contribution in [-0.4, -0.2) is 21.0 Å². The highest BCUT2D eigenvalue weighted by Gasteiger charge is 2.36. The molecule has 0 saturated heterocycles. The maximum absolute atomic E-state index is 14.5.